The number of hydrogen-bond donors (Lipinski definition) is 1. The van der Waals surface area contributed by atoms with Crippen LogP contribution < -0.4 is 10.1 Å². The van der Waals surface area contributed by atoms with Gasteiger partial charge in [0, 0.05) is 6.04 Å². The molecule has 0 aliphatic heterocycles. The van der Waals surface area contributed by atoms with Crippen LogP contribution in [0.4, 0.5) is 0 Å². The fraction of sp³-hybridized carbons (Fsp3) is 0.625. The first-order valence-electron chi connectivity index (χ1n) is 7.14. The van der Waals surface area contributed by atoms with Crippen LogP contribution in [0.1, 0.15) is 38.2 Å². The minimum atomic E-state index is 0.795. The van der Waals surface area contributed by atoms with Gasteiger partial charge in [0.05, 0.1) is 7.11 Å². The molecule has 1 fully saturated rings. The van der Waals surface area contributed by atoms with Crippen LogP contribution in [0.25, 0.3) is 0 Å². The molecule has 1 N–H and O–H groups in total. The van der Waals surface area contributed by atoms with Gasteiger partial charge in [-0.25, -0.2) is 0 Å². The summed E-state index contributed by atoms with van der Waals surface area (Å²) >= 11 is 0. The minimum Gasteiger partial charge on any atom is -0.497 e. The molecule has 1 aliphatic rings. The zero-order valence-electron chi connectivity index (χ0n) is 11.6. The van der Waals surface area contributed by atoms with E-state index in [-0.39, 0.29) is 0 Å². The van der Waals surface area contributed by atoms with Crippen molar-refractivity contribution in [2.45, 2.75) is 45.1 Å². The van der Waals surface area contributed by atoms with E-state index >= 15 is 0 Å². The summed E-state index contributed by atoms with van der Waals surface area (Å²) in [6.45, 7) is 3.54. The van der Waals surface area contributed by atoms with Crippen LogP contribution in [0.15, 0.2) is 24.3 Å². The number of nitrogens with one attached hydrogen (secondary N) is 1. The van der Waals surface area contributed by atoms with Crippen LogP contribution in [0.5, 0.6) is 5.75 Å². The third-order valence-corrected chi connectivity index (χ3v) is 3.65. The van der Waals surface area contributed by atoms with Crippen LogP contribution in [0.3, 0.4) is 0 Å². The summed E-state index contributed by atoms with van der Waals surface area (Å²) in [5, 5.41) is 3.60. The molecule has 1 aromatic carbocycles. The predicted molar refractivity (Wildman–Crippen MR) is 76.1 cm³/mol. The quantitative estimate of drug-likeness (QED) is 0.760. The van der Waals surface area contributed by atoms with Crippen molar-refractivity contribution >= 4 is 0 Å². The Balaban J connectivity index is 1.60. The molecule has 100 valence electrons. The first kappa shape index (κ1) is 13.4. The SMILES string of the molecule is COc1ccc(CCCC(C)CNC2CC2)cc1. The number of ether oxygens (including phenoxy) is 1. The number of methoxy groups -OCH3 is 1. The van der Waals surface area contributed by atoms with Crippen molar-refractivity contribution in [1.82, 2.24) is 5.32 Å². The van der Waals surface area contributed by atoms with Gasteiger partial charge in [-0.15, -0.1) is 0 Å². The molecule has 2 heteroatoms. The summed E-state index contributed by atoms with van der Waals surface area (Å²) in [7, 11) is 1.71. The fourth-order valence-electron chi connectivity index (χ4n) is 2.20. The van der Waals surface area contributed by atoms with E-state index in [1.165, 1.54) is 44.2 Å². The highest BCUT2D eigenvalue weighted by Crippen LogP contribution is 2.19. The van der Waals surface area contributed by atoms with E-state index in [2.05, 4.69) is 24.4 Å². The lowest BCUT2D eigenvalue weighted by atomic mass is 10.0. The monoisotopic (exact) mass is 247 g/mol. The summed E-state index contributed by atoms with van der Waals surface area (Å²) in [6, 6.07) is 9.28. The van der Waals surface area contributed by atoms with Gasteiger partial charge in [0.25, 0.3) is 0 Å². The summed E-state index contributed by atoms with van der Waals surface area (Å²) in [6.07, 6.45) is 6.54. The Morgan fingerprint density at radius 2 is 2.00 bits per heavy atom. The molecule has 1 unspecified atom stereocenters. The van der Waals surface area contributed by atoms with E-state index in [0.29, 0.717) is 0 Å². The lowest BCUT2D eigenvalue weighted by Crippen LogP contribution is -2.23. The van der Waals surface area contributed by atoms with Gasteiger partial charge in [-0.2, -0.15) is 0 Å². The molecule has 0 spiro atoms. The smallest absolute Gasteiger partial charge is 0.118 e. The highest BCUT2D eigenvalue weighted by Gasteiger charge is 2.20. The van der Waals surface area contributed by atoms with Gasteiger partial charge >= 0.3 is 0 Å². The Kier molecular flexibility index (Phi) is 5.06. The number of benzene rings is 1. The van der Waals surface area contributed by atoms with Gasteiger partial charge in [-0.1, -0.05) is 19.1 Å². The number of rotatable bonds is 8. The van der Waals surface area contributed by atoms with Crippen molar-refractivity contribution in [2.75, 3.05) is 13.7 Å². The Labute approximate surface area is 111 Å². The van der Waals surface area contributed by atoms with Gasteiger partial charge in [-0.05, 0) is 62.3 Å². The second kappa shape index (κ2) is 6.79. The highest BCUT2D eigenvalue weighted by atomic mass is 16.5. The summed E-state index contributed by atoms with van der Waals surface area (Å²) in [5.41, 5.74) is 1.41. The van der Waals surface area contributed by atoms with Gasteiger partial charge in [0.15, 0.2) is 0 Å². The normalized spacial score (nSPS) is 16.6. The molecule has 0 amide bonds. The van der Waals surface area contributed by atoms with Crippen molar-refractivity contribution in [3.63, 3.8) is 0 Å². The molecule has 1 atom stereocenters. The Morgan fingerprint density at radius 3 is 2.61 bits per heavy atom. The third kappa shape index (κ3) is 4.69. The number of aryl methyl sites for hydroxylation is 1. The maximum absolute atomic E-state index is 5.16. The van der Waals surface area contributed by atoms with Crippen LogP contribution in [0.2, 0.25) is 0 Å². The Bertz CT molecular complexity index is 343. The van der Waals surface area contributed by atoms with Crippen molar-refractivity contribution in [2.24, 2.45) is 5.92 Å². The largest absolute Gasteiger partial charge is 0.497 e. The first-order chi connectivity index (χ1) is 8.78. The summed E-state index contributed by atoms with van der Waals surface area (Å²) in [4.78, 5) is 0. The molecular formula is C16H25NO. The molecule has 0 aromatic heterocycles. The molecule has 1 saturated carbocycles. The van der Waals surface area contributed by atoms with Gasteiger partial charge in [0.2, 0.25) is 0 Å². The molecule has 2 rings (SSSR count). The maximum Gasteiger partial charge on any atom is 0.118 e. The summed E-state index contributed by atoms with van der Waals surface area (Å²) < 4.78 is 5.16. The molecule has 0 bridgehead atoms. The van der Waals surface area contributed by atoms with Crippen molar-refractivity contribution in [3.8, 4) is 5.75 Å². The van der Waals surface area contributed by atoms with E-state index in [1.54, 1.807) is 7.11 Å². The minimum absolute atomic E-state index is 0.795. The van der Waals surface area contributed by atoms with Crippen molar-refractivity contribution < 1.29 is 4.74 Å². The molecule has 18 heavy (non-hydrogen) atoms. The number of hydrogen-bond acceptors (Lipinski definition) is 2. The van der Waals surface area contributed by atoms with E-state index in [0.717, 1.165) is 17.7 Å². The van der Waals surface area contributed by atoms with Gasteiger partial charge in [-0.3, -0.25) is 0 Å². The second-order valence-corrected chi connectivity index (χ2v) is 5.53. The van der Waals surface area contributed by atoms with E-state index in [4.69, 9.17) is 4.74 Å². The lowest BCUT2D eigenvalue weighted by Gasteiger charge is -2.12. The molecule has 1 aromatic rings. The maximum atomic E-state index is 5.16. The summed E-state index contributed by atoms with van der Waals surface area (Å²) in [5.74, 6) is 1.74. The average Bonchev–Trinajstić information content (AvgIpc) is 3.21. The van der Waals surface area contributed by atoms with E-state index in [1.807, 2.05) is 12.1 Å². The van der Waals surface area contributed by atoms with Crippen LogP contribution in [0, 0.1) is 5.92 Å². The topological polar surface area (TPSA) is 21.3 Å². The zero-order chi connectivity index (χ0) is 12.8. The van der Waals surface area contributed by atoms with Crippen LogP contribution >= 0.6 is 0 Å². The Morgan fingerprint density at radius 1 is 1.28 bits per heavy atom. The van der Waals surface area contributed by atoms with E-state index < -0.39 is 0 Å². The van der Waals surface area contributed by atoms with Crippen molar-refractivity contribution in [3.05, 3.63) is 29.8 Å². The van der Waals surface area contributed by atoms with Crippen LogP contribution in [-0.2, 0) is 6.42 Å². The molecule has 0 radical (unpaired) electrons. The first-order valence-corrected chi connectivity index (χ1v) is 7.14. The molecule has 2 nitrogen and oxygen atoms in total. The predicted octanol–water partition coefficient (Wildman–Crippen LogP) is 3.41. The zero-order valence-corrected chi connectivity index (χ0v) is 11.6. The molecule has 0 saturated heterocycles. The fourth-order valence-corrected chi connectivity index (χ4v) is 2.20. The van der Waals surface area contributed by atoms with Crippen molar-refractivity contribution in [1.29, 1.82) is 0 Å². The third-order valence-electron chi connectivity index (χ3n) is 3.65. The lowest BCUT2D eigenvalue weighted by molar-refractivity contribution is 0.414. The average molecular weight is 247 g/mol. The molecular weight excluding hydrogens is 222 g/mol. The van der Waals surface area contributed by atoms with Gasteiger partial charge in [0.1, 0.15) is 5.75 Å². The standard InChI is InChI=1S/C16H25NO/c1-13(12-17-15-8-9-15)4-3-5-14-6-10-16(18-2)11-7-14/h6-7,10-11,13,15,17H,3-5,8-9,12H2,1-2H3. The molecule has 0 heterocycles. The van der Waals surface area contributed by atoms with Crippen LogP contribution in [-0.4, -0.2) is 19.7 Å². The molecule has 1 aliphatic carbocycles. The highest BCUT2D eigenvalue weighted by molar-refractivity contribution is 5.27. The van der Waals surface area contributed by atoms with E-state index in [9.17, 15) is 0 Å². The van der Waals surface area contributed by atoms with Gasteiger partial charge < -0.3 is 10.1 Å². The second-order valence-electron chi connectivity index (χ2n) is 5.53. The Hall–Kier alpha value is -1.02.